The number of aromatic hydroxyl groups is 1. The fourth-order valence-electron chi connectivity index (χ4n) is 3.56. The molecule has 0 bridgehead atoms. The maximum absolute atomic E-state index is 13.4. The van der Waals surface area contributed by atoms with Gasteiger partial charge in [-0.3, -0.25) is 9.59 Å². The molecule has 1 aromatic rings. The van der Waals surface area contributed by atoms with Gasteiger partial charge in [-0.25, -0.2) is 4.79 Å². The quantitative estimate of drug-likeness (QED) is 0.536. The number of nitrogens with one attached hydrogen (secondary N) is 2. The molecule has 0 aromatic heterocycles. The number of ether oxygens (including phenoxy) is 1. The molecule has 1 fully saturated rings. The van der Waals surface area contributed by atoms with Gasteiger partial charge in [0.25, 0.3) is 0 Å². The molecule has 0 aliphatic heterocycles. The molecule has 0 spiro atoms. The fourth-order valence-corrected chi connectivity index (χ4v) is 3.56. The molecule has 2 rings (SSSR count). The Kier molecular flexibility index (Phi) is 8.52. The SMILES string of the molecule is CCCC(C)NC(=O)C(c1ccc(O)cc1)N(C(=O)C(C)NC(=O)OC(C)(C)C)C1CC1. The van der Waals surface area contributed by atoms with Gasteiger partial charge in [-0.05, 0) is 71.6 Å². The second-order valence-electron chi connectivity index (χ2n) is 9.54. The molecule has 178 valence electrons. The van der Waals surface area contributed by atoms with Crippen LogP contribution in [0.1, 0.15) is 78.8 Å². The van der Waals surface area contributed by atoms with E-state index in [4.69, 9.17) is 4.74 Å². The molecule has 3 N–H and O–H groups in total. The third kappa shape index (κ3) is 7.43. The molecule has 3 unspecified atom stereocenters. The predicted octanol–water partition coefficient (Wildman–Crippen LogP) is 3.64. The van der Waals surface area contributed by atoms with Crippen molar-refractivity contribution in [1.29, 1.82) is 0 Å². The van der Waals surface area contributed by atoms with Crippen molar-refractivity contribution in [3.63, 3.8) is 0 Å². The first-order valence-corrected chi connectivity index (χ1v) is 11.3. The summed E-state index contributed by atoms with van der Waals surface area (Å²) in [6.45, 7) is 10.8. The third-order valence-corrected chi connectivity index (χ3v) is 5.14. The highest BCUT2D eigenvalue weighted by atomic mass is 16.6. The second kappa shape index (κ2) is 10.7. The second-order valence-corrected chi connectivity index (χ2v) is 9.54. The van der Waals surface area contributed by atoms with E-state index in [9.17, 15) is 19.5 Å². The first kappa shape index (κ1) is 25.5. The van der Waals surface area contributed by atoms with E-state index in [1.165, 1.54) is 12.1 Å². The van der Waals surface area contributed by atoms with Crippen LogP contribution in [0.2, 0.25) is 0 Å². The van der Waals surface area contributed by atoms with Gasteiger partial charge in [0.15, 0.2) is 0 Å². The zero-order valence-electron chi connectivity index (χ0n) is 20.0. The van der Waals surface area contributed by atoms with Crippen molar-refractivity contribution < 1.29 is 24.2 Å². The molecule has 0 saturated heterocycles. The summed E-state index contributed by atoms with van der Waals surface area (Å²) in [7, 11) is 0. The lowest BCUT2D eigenvalue weighted by Crippen LogP contribution is -2.53. The van der Waals surface area contributed by atoms with Crippen molar-refractivity contribution in [2.24, 2.45) is 0 Å². The first-order chi connectivity index (χ1) is 14.9. The lowest BCUT2D eigenvalue weighted by molar-refractivity contribution is -0.143. The van der Waals surface area contributed by atoms with Crippen LogP contribution in [-0.4, -0.2) is 51.6 Å². The summed E-state index contributed by atoms with van der Waals surface area (Å²) in [4.78, 5) is 40.6. The van der Waals surface area contributed by atoms with Crippen molar-refractivity contribution in [3.8, 4) is 5.75 Å². The van der Waals surface area contributed by atoms with Crippen molar-refractivity contribution in [3.05, 3.63) is 29.8 Å². The average Bonchev–Trinajstić information content (AvgIpc) is 3.49. The molecule has 1 saturated carbocycles. The van der Waals surface area contributed by atoms with Crippen LogP contribution in [0.4, 0.5) is 4.79 Å². The number of rotatable bonds is 9. The van der Waals surface area contributed by atoms with E-state index in [-0.39, 0.29) is 29.6 Å². The summed E-state index contributed by atoms with van der Waals surface area (Å²) in [6, 6.07) is 4.45. The Bertz CT molecular complexity index is 799. The van der Waals surface area contributed by atoms with Crippen LogP contribution in [0.15, 0.2) is 24.3 Å². The molecule has 3 atom stereocenters. The minimum atomic E-state index is -0.870. The summed E-state index contributed by atoms with van der Waals surface area (Å²) in [6.07, 6.45) is 2.64. The van der Waals surface area contributed by atoms with Crippen molar-refractivity contribution in [2.75, 3.05) is 0 Å². The Morgan fingerprint density at radius 3 is 2.22 bits per heavy atom. The number of hydrogen-bond acceptors (Lipinski definition) is 5. The van der Waals surface area contributed by atoms with Gasteiger partial charge in [-0.15, -0.1) is 0 Å². The van der Waals surface area contributed by atoms with Crippen molar-refractivity contribution in [2.45, 2.75) is 97.0 Å². The van der Waals surface area contributed by atoms with Crippen LogP contribution < -0.4 is 10.6 Å². The van der Waals surface area contributed by atoms with Gasteiger partial charge in [0.05, 0.1) is 0 Å². The van der Waals surface area contributed by atoms with Crippen LogP contribution in [0.5, 0.6) is 5.75 Å². The maximum atomic E-state index is 13.4. The highest BCUT2D eigenvalue weighted by Crippen LogP contribution is 2.36. The topological polar surface area (TPSA) is 108 Å². The number of nitrogens with zero attached hydrogens (tertiary/aromatic N) is 1. The molecule has 0 radical (unpaired) electrons. The Hall–Kier alpha value is -2.77. The smallest absolute Gasteiger partial charge is 0.408 e. The van der Waals surface area contributed by atoms with Crippen LogP contribution >= 0.6 is 0 Å². The van der Waals surface area contributed by atoms with Gasteiger partial charge in [0.2, 0.25) is 11.8 Å². The Morgan fingerprint density at radius 2 is 1.72 bits per heavy atom. The fraction of sp³-hybridized carbons (Fsp3) is 0.625. The van der Waals surface area contributed by atoms with Gasteiger partial charge in [0.1, 0.15) is 23.4 Å². The maximum Gasteiger partial charge on any atom is 0.408 e. The zero-order valence-corrected chi connectivity index (χ0v) is 20.0. The van der Waals surface area contributed by atoms with Crippen LogP contribution in [-0.2, 0) is 14.3 Å². The molecule has 0 heterocycles. The van der Waals surface area contributed by atoms with Crippen molar-refractivity contribution >= 4 is 17.9 Å². The van der Waals surface area contributed by atoms with Crippen LogP contribution in [0.3, 0.4) is 0 Å². The summed E-state index contributed by atoms with van der Waals surface area (Å²) in [5, 5.41) is 15.3. The predicted molar refractivity (Wildman–Crippen MR) is 122 cm³/mol. The number of hydrogen-bond donors (Lipinski definition) is 3. The number of benzene rings is 1. The molecule has 8 heteroatoms. The standard InChI is InChI=1S/C24H37N3O5/c1-7-8-15(2)25-21(29)20(17-9-13-19(28)14-10-17)27(18-11-12-18)22(30)16(3)26-23(31)32-24(4,5)6/h9-10,13-16,18,20,28H,7-8,11-12H2,1-6H3,(H,25,29)(H,26,31). The minimum absolute atomic E-state index is 0.0411. The molecular weight excluding hydrogens is 410 g/mol. The summed E-state index contributed by atoms with van der Waals surface area (Å²) in [5.41, 5.74) is -0.0823. The highest BCUT2D eigenvalue weighted by molar-refractivity contribution is 5.92. The summed E-state index contributed by atoms with van der Waals surface area (Å²) in [5.74, 6) is -0.549. The van der Waals surface area contributed by atoms with E-state index in [1.807, 2.05) is 13.8 Å². The number of phenolic OH excluding ortho intramolecular Hbond substituents is 1. The van der Waals surface area contributed by atoms with E-state index >= 15 is 0 Å². The van der Waals surface area contributed by atoms with E-state index in [0.717, 1.165) is 25.7 Å². The average molecular weight is 448 g/mol. The highest BCUT2D eigenvalue weighted by Gasteiger charge is 2.43. The van der Waals surface area contributed by atoms with E-state index in [2.05, 4.69) is 10.6 Å². The number of phenols is 1. The zero-order chi connectivity index (χ0) is 24.1. The Morgan fingerprint density at radius 1 is 1.12 bits per heavy atom. The third-order valence-electron chi connectivity index (χ3n) is 5.14. The molecular formula is C24H37N3O5. The molecule has 1 aliphatic carbocycles. The Labute approximate surface area is 190 Å². The number of alkyl carbamates (subject to hydrolysis) is 1. The van der Waals surface area contributed by atoms with E-state index < -0.39 is 23.8 Å². The summed E-state index contributed by atoms with van der Waals surface area (Å²) >= 11 is 0. The number of carbonyl (C=O) groups excluding carboxylic acids is 3. The van der Waals surface area contributed by atoms with Gasteiger partial charge < -0.3 is 25.4 Å². The van der Waals surface area contributed by atoms with Crippen molar-refractivity contribution in [1.82, 2.24) is 15.5 Å². The minimum Gasteiger partial charge on any atom is -0.508 e. The summed E-state index contributed by atoms with van der Waals surface area (Å²) < 4.78 is 5.27. The lowest BCUT2D eigenvalue weighted by Gasteiger charge is -2.34. The van der Waals surface area contributed by atoms with E-state index in [0.29, 0.717) is 5.56 Å². The molecule has 32 heavy (non-hydrogen) atoms. The van der Waals surface area contributed by atoms with Gasteiger partial charge in [-0.1, -0.05) is 25.5 Å². The Balaban J connectivity index is 2.30. The first-order valence-electron chi connectivity index (χ1n) is 11.3. The van der Waals surface area contributed by atoms with Crippen LogP contribution in [0, 0.1) is 0 Å². The van der Waals surface area contributed by atoms with Gasteiger partial charge in [-0.2, -0.15) is 0 Å². The normalized spacial score (nSPS) is 16.4. The number of carbonyl (C=O) groups is 3. The van der Waals surface area contributed by atoms with E-state index in [1.54, 1.807) is 44.7 Å². The molecule has 8 nitrogen and oxygen atoms in total. The molecule has 1 aliphatic rings. The monoisotopic (exact) mass is 447 g/mol. The van der Waals surface area contributed by atoms with Gasteiger partial charge in [0, 0.05) is 12.1 Å². The van der Waals surface area contributed by atoms with Crippen LogP contribution in [0.25, 0.3) is 0 Å². The molecule has 1 aromatic carbocycles. The largest absolute Gasteiger partial charge is 0.508 e. The lowest BCUT2D eigenvalue weighted by atomic mass is 10.0. The van der Waals surface area contributed by atoms with Gasteiger partial charge >= 0.3 is 6.09 Å². The molecule has 3 amide bonds. The number of amides is 3.